The van der Waals surface area contributed by atoms with Crippen LogP contribution in [-0.2, 0) is 14.4 Å². The van der Waals surface area contributed by atoms with Crippen LogP contribution in [0.5, 0.6) is 11.5 Å². The molecular weight excluding hydrogens is 496 g/mol. The van der Waals surface area contributed by atoms with Crippen molar-refractivity contribution >= 4 is 47.0 Å². The summed E-state index contributed by atoms with van der Waals surface area (Å²) in [6.45, 7) is 1.35. The quantitative estimate of drug-likeness (QED) is 0.180. The highest BCUT2D eigenvalue weighted by atomic mass is 35.5. The molecule has 1 heterocycles. The van der Waals surface area contributed by atoms with Gasteiger partial charge in [0.2, 0.25) is 6.41 Å². The second-order valence-corrected chi connectivity index (χ2v) is 7.69. The number of nitrogens with two attached hydrogens (primary N) is 1. The number of amides is 3. The van der Waals surface area contributed by atoms with Crippen LogP contribution in [0.2, 0.25) is 5.02 Å². The summed E-state index contributed by atoms with van der Waals surface area (Å²) in [5.41, 5.74) is 5.44. The molecule has 0 spiro atoms. The minimum atomic E-state index is -0.918. The molecule has 2 aromatic carbocycles. The Morgan fingerprint density at radius 3 is 2.44 bits per heavy atom. The Morgan fingerprint density at radius 2 is 1.81 bits per heavy atom. The van der Waals surface area contributed by atoms with Crippen LogP contribution in [0.1, 0.15) is 6.92 Å². The molecule has 0 aliphatic rings. The van der Waals surface area contributed by atoms with E-state index >= 15 is 0 Å². The fourth-order valence-electron chi connectivity index (χ4n) is 3.03. The van der Waals surface area contributed by atoms with Crippen LogP contribution in [0.4, 0.5) is 26.0 Å². The summed E-state index contributed by atoms with van der Waals surface area (Å²) in [7, 11) is 1.37. The van der Waals surface area contributed by atoms with Gasteiger partial charge in [0.1, 0.15) is 22.2 Å². The van der Waals surface area contributed by atoms with E-state index in [1.54, 1.807) is 0 Å². The van der Waals surface area contributed by atoms with Crippen LogP contribution < -0.4 is 26.0 Å². The number of carbonyl (C=O) groups is 3. The normalized spacial score (nSPS) is 11.2. The molecule has 186 valence electrons. The van der Waals surface area contributed by atoms with Gasteiger partial charge < -0.3 is 26.0 Å². The van der Waals surface area contributed by atoms with Crippen LogP contribution in [0, 0.1) is 11.6 Å². The third kappa shape index (κ3) is 5.94. The fraction of sp³-hybridized carbons (Fsp3) is 0.0833. The van der Waals surface area contributed by atoms with Gasteiger partial charge in [-0.15, -0.1) is 0 Å². The molecule has 12 heteroatoms. The number of nitrogens with zero attached hydrogens (tertiary/aromatic N) is 2. The van der Waals surface area contributed by atoms with Gasteiger partial charge >= 0.3 is 0 Å². The van der Waals surface area contributed by atoms with Gasteiger partial charge in [-0.3, -0.25) is 14.4 Å². The molecule has 0 atom stereocenters. The zero-order valence-electron chi connectivity index (χ0n) is 19.0. The number of likely N-dealkylation sites (N-methyl/N-ethyl adjacent to an activating group) is 1. The van der Waals surface area contributed by atoms with Crippen molar-refractivity contribution in [3.05, 3.63) is 82.7 Å². The monoisotopic (exact) mass is 515 g/mol. The number of rotatable bonds is 8. The summed E-state index contributed by atoms with van der Waals surface area (Å²) in [4.78, 5) is 41.9. The van der Waals surface area contributed by atoms with E-state index in [9.17, 15) is 23.2 Å². The molecule has 3 aromatic rings. The van der Waals surface area contributed by atoms with Crippen LogP contribution in [-0.4, -0.2) is 30.3 Å². The third-order valence-electron chi connectivity index (χ3n) is 4.90. The second-order valence-electron chi connectivity index (χ2n) is 7.31. The minimum absolute atomic E-state index is 0.00109. The van der Waals surface area contributed by atoms with Crippen LogP contribution in [0.25, 0.3) is 0 Å². The number of benzene rings is 2. The summed E-state index contributed by atoms with van der Waals surface area (Å²) in [5, 5.41) is 4.70. The van der Waals surface area contributed by atoms with Gasteiger partial charge in [-0.2, -0.15) is 0 Å². The lowest BCUT2D eigenvalue weighted by Crippen LogP contribution is -2.35. The van der Waals surface area contributed by atoms with Gasteiger partial charge in [-0.25, -0.2) is 13.8 Å². The van der Waals surface area contributed by atoms with Gasteiger partial charge in [-0.05, 0) is 43.3 Å². The van der Waals surface area contributed by atoms with Crippen molar-refractivity contribution < 1.29 is 27.9 Å². The Kier molecular flexibility index (Phi) is 8.18. The molecule has 36 heavy (non-hydrogen) atoms. The first-order chi connectivity index (χ1) is 17.1. The molecule has 3 rings (SSSR count). The summed E-state index contributed by atoms with van der Waals surface area (Å²) < 4.78 is 33.4. The molecule has 0 aliphatic heterocycles. The second kappa shape index (κ2) is 11.3. The molecule has 0 bridgehead atoms. The number of allylic oxidation sites excluding steroid dienone is 1. The largest absolute Gasteiger partial charge is 0.453 e. The number of hydrogen-bond donors (Lipinski definition) is 3. The number of pyridine rings is 1. The molecule has 0 unspecified atom stereocenters. The van der Waals surface area contributed by atoms with E-state index in [1.165, 1.54) is 50.5 Å². The molecule has 0 fully saturated rings. The van der Waals surface area contributed by atoms with Crippen molar-refractivity contribution in [3.8, 4) is 11.5 Å². The van der Waals surface area contributed by atoms with Gasteiger partial charge in [0, 0.05) is 42.4 Å². The average molecular weight is 516 g/mol. The van der Waals surface area contributed by atoms with Crippen molar-refractivity contribution in [1.29, 1.82) is 0 Å². The number of ether oxygens (including phenoxy) is 1. The van der Waals surface area contributed by atoms with Gasteiger partial charge in [0.25, 0.3) is 11.8 Å². The van der Waals surface area contributed by atoms with Crippen LogP contribution in [0.15, 0.2) is 66.0 Å². The standard InChI is InChI=1S/C24H20ClF2N5O4/c1-13(30-12-33)20(24(35)32(2)16-6-3-14(26)4-7-16)23(34)31-15-5-8-18(17(27)11-15)36-19-9-10-29-22(28)21(19)25/h3-12H,1-2H3,(H2,28,29)(H,30,33)(H,31,34)/b20-13-. The summed E-state index contributed by atoms with van der Waals surface area (Å²) in [6, 6.07) is 9.95. The molecule has 0 saturated carbocycles. The number of carbonyl (C=O) groups excluding carboxylic acids is 3. The van der Waals surface area contributed by atoms with E-state index in [1.807, 2.05) is 0 Å². The Balaban J connectivity index is 1.84. The number of nitrogens with one attached hydrogen (secondary N) is 2. The van der Waals surface area contributed by atoms with Crippen molar-refractivity contribution in [2.75, 3.05) is 23.0 Å². The topological polar surface area (TPSA) is 127 Å². The van der Waals surface area contributed by atoms with Crippen molar-refractivity contribution in [1.82, 2.24) is 10.3 Å². The van der Waals surface area contributed by atoms with Gasteiger partial charge in [-0.1, -0.05) is 11.6 Å². The predicted octanol–water partition coefficient (Wildman–Crippen LogP) is 4.01. The van der Waals surface area contributed by atoms with Crippen LogP contribution >= 0.6 is 11.6 Å². The Labute approximate surface area is 209 Å². The van der Waals surface area contributed by atoms with E-state index < -0.39 is 29.0 Å². The Hall–Kier alpha value is -4.51. The van der Waals surface area contributed by atoms with E-state index in [4.69, 9.17) is 22.1 Å². The zero-order chi connectivity index (χ0) is 26.4. The minimum Gasteiger partial charge on any atom is -0.453 e. The van der Waals surface area contributed by atoms with E-state index in [-0.39, 0.29) is 33.7 Å². The lowest BCUT2D eigenvalue weighted by molar-refractivity contribution is -0.119. The smallest absolute Gasteiger partial charge is 0.265 e. The van der Waals surface area contributed by atoms with Crippen molar-refractivity contribution in [3.63, 3.8) is 0 Å². The maximum Gasteiger partial charge on any atom is 0.265 e. The zero-order valence-corrected chi connectivity index (χ0v) is 19.8. The molecular formula is C24H20ClF2N5O4. The summed E-state index contributed by atoms with van der Waals surface area (Å²) in [6.07, 6.45) is 1.64. The number of aromatic nitrogens is 1. The van der Waals surface area contributed by atoms with Crippen LogP contribution in [0.3, 0.4) is 0 Å². The van der Waals surface area contributed by atoms with Crippen molar-refractivity contribution in [2.24, 2.45) is 0 Å². The maximum absolute atomic E-state index is 14.7. The molecule has 0 radical (unpaired) electrons. The average Bonchev–Trinajstić information content (AvgIpc) is 2.84. The highest BCUT2D eigenvalue weighted by Gasteiger charge is 2.26. The SMILES string of the molecule is C/C(NC=O)=C(\C(=O)Nc1ccc(Oc2ccnc(N)c2Cl)c(F)c1)C(=O)N(C)c1ccc(F)cc1. The molecule has 1 aromatic heterocycles. The molecule has 9 nitrogen and oxygen atoms in total. The fourth-order valence-corrected chi connectivity index (χ4v) is 3.18. The summed E-state index contributed by atoms with van der Waals surface area (Å²) in [5.74, 6) is -3.18. The highest BCUT2D eigenvalue weighted by molar-refractivity contribution is 6.34. The maximum atomic E-state index is 14.7. The molecule has 0 aliphatic carbocycles. The molecule has 0 saturated heterocycles. The first kappa shape index (κ1) is 26.1. The number of anilines is 3. The number of halogens is 3. The highest BCUT2D eigenvalue weighted by Crippen LogP contribution is 2.34. The Morgan fingerprint density at radius 1 is 1.11 bits per heavy atom. The first-order valence-electron chi connectivity index (χ1n) is 10.3. The molecule has 4 N–H and O–H groups in total. The summed E-state index contributed by atoms with van der Waals surface area (Å²) >= 11 is 6.01. The number of nitrogen functional groups attached to an aromatic ring is 1. The van der Waals surface area contributed by atoms with Crippen molar-refractivity contribution in [2.45, 2.75) is 6.92 Å². The third-order valence-corrected chi connectivity index (χ3v) is 5.28. The lowest BCUT2D eigenvalue weighted by atomic mass is 10.1. The Bertz CT molecular complexity index is 1350. The van der Waals surface area contributed by atoms with E-state index in [0.29, 0.717) is 12.1 Å². The number of hydrogen-bond acceptors (Lipinski definition) is 6. The lowest BCUT2D eigenvalue weighted by Gasteiger charge is -2.20. The molecule has 3 amide bonds. The van der Waals surface area contributed by atoms with E-state index in [0.717, 1.165) is 23.1 Å². The van der Waals surface area contributed by atoms with Gasteiger partial charge in [0.05, 0.1) is 0 Å². The van der Waals surface area contributed by atoms with Gasteiger partial charge in [0.15, 0.2) is 17.3 Å². The first-order valence-corrected chi connectivity index (χ1v) is 10.6. The van der Waals surface area contributed by atoms with E-state index in [2.05, 4.69) is 15.6 Å². The predicted molar refractivity (Wildman–Crippen MR) is 130 cm³/mol.